The second-order valence-electron chi connectivity index (χ2n) is 7.58. The van der Waals surface area contributed by atoms with Gasteiger partial charge >= 0.3 is 0 Å². The summed E-state index contributed by atoms with van der Waals surface area (Å²) in [6, 6.07) is 15.9. The van der Waals surface area contributed by atoms with Crippen LogP contribution in [-0.2, 0) is 9.84 Å². The van der Waals surface area contributed by atoms with Crippen molar-refractivity contribution in [1.29, 1.82) is 5.26 Å². The topological polar surface area (TPSA) is 90.2 Å². The molecule has 0 unspecified atom stereocenters. The zero-order valence-corrected chi connectivity index (χ0v) is 17.8. The van der Waals surface area contributed by atoms with Crippen molar-refractivity contribution in [2.24, 2.45) is 0 Å². The molecule has 0 radical (unpaired) electrons. The van der Waals surface area contributed by atoms with E-state index in [9.17, 15) is 13.7 Å². The molecular weight excluding hydrogens is 398 g/mol. The number of para-hydroxylation sites is 2. The molecule has 1 atom stereocenters. The number of rotatable bonds is 4. The van der Waals surface area contributed by atoms with Crippen LogP contribution in [0.2, 0.25) is 0 Å². The molecule has 7 nitrogen and oxygen atoms in total. The molecule has 0 saturated carbocycles. The molecular formula is C22H23N5O2S. The summed E-state index contributed by atoms with van der Waals surface area (Å²) in [6.07, 6.45) is 0. The van der Waals surface area contributed by atoms with Crippen molar-refractivity contribution in [3.8, 4) is 6.07 Å². The molecule has 1 aliphatic heterocycles. The molecule has 1 aliphatic rings. The van der Waals surface area contributed by atoms with Crippen LogP contribution in [0.15, 0.2) is 53.4 Å². The van der Waals surface area contributed by atoms with Gasteiger partial charge < -0.3 is 9.80 Å². The molecule has 0 bridgehead atoms. The third kappa shape index (κ3) is 3.74. The highest BCUT2D eigenvalue weighted by Crippen LogP contribution is 2.34. The quantitative estimate of drug-likeness (QED) is 0.640. The van der Waals surface area contributed by atoms with Gasteiger partial charge in [0.25, 0.3) is 0 Å². The zero-order valence-electron chi connectivity index (χ0n) is 17.0. The summed E-state index contributed by atoms with van der Waals surface area (Å²) < 4.78 is 26.8. The van der Waals surface area contributed by atoms with Crippen LogP contribution in [0.25, 0.3) is 11.0 Å². The Hall–Kier alpha value is -3.02. The monoisotopic (exact) mass is 421 g/mol. The van der Waals surface area contributed by atoms with Crippen LogP contribution in [0.1, 0.15) is 16.5 Å². The minimum absolute atomic E-state index is 0.110. The fraction of sp³-hybridized carbons (Fsp3) is 0.318. The number of nitriles is 1. The highest BCUT2D eigenvalue weighted by molar-refractivity contribution is 7.92. The van der Waals surface area contributed by atoms with E-state index in [1.54, 1.807) is 30.3 Å². The molecule has 4 rings (SSSR count). The van der Waals surface area contributed by atoms with Gasteiger partial charge in [0.05, 0.1) is 22.0 Å². The van der Waals surface area contributed by atoms with Crippen LogP contribution in [-0.4, -0.2) is 56.5 Å². The van der Waals surface area contributed by atoms with Gasteiger partial charge in [-0.15, -0.1) is 0 Å². The predicted molar refractivity (Wildman–Crippen MR) is 116 cm³/mol. The van der Waals surface area contributed by atoms with Crippen LogP contribution in [0, 0.1) is 18.3 Å². The number of benzene rings is 2. The summed E-state index contributed by atoms with van der Waals surface area (Å²) in [5, 5.41) is 8.51. The van der Waals surface area contributed by atoms with Gasteiger partial charge in [-0.3, -0.25) is 0 Å². The van der Waals surface area contributed by atoms with Crippen LogP contribution < -0.4 is 4.90 Å². The second-order valence-corrected chi connectivity index (χ2v) is 9.61. The number of anilines is 1. The van der Waals surface area contributed by atoms with E-state index in [2.05, 4.69) is 9.88 Å². The van der Waals surface area contributed by atoms with Crippen molar-refractivity contribution < 1.29 is 8.42 Å². The van der Waals surface area contributed by atoms with E-state index < -0.39 is 15.1 Å². The lowest BCUT2D eigenvalue weighted by molar-refractivity contribution is 0.312. The number of nitrogens with zero attached hydrogens (tertiary/aromatic N) is 5. The molecule has 0 N–H and O–H groups in total. The Morgan fingerprint density at radius 1 is 0.967 bits per heavy atom. The Balaban J connectivity index is 1.87. The SMILES string of the molecule is Cc1ccc(S(=O)(=O)[C@H](C#N)c2nc3ccccc3nc2N2CCN(C)CC2)cc1. The minimum Gasteiger partial charge on any atom is -0.352 e. The average molecular weight is 422 g/mol. The first-order valence-electron chi connectivity index (χ1n) is 9.80. The van der Waals surface area contributed by atoms with Crippen molar-refractivity contribution in [3.63, 3.8) is 0 Å². The molecule has 2 aromatic carbocycles. The summed E-state index contributed by atoms with van der Waals surface area (Å²) in [6.45, 7) is 4.93. The fourth-order valence-corrected chi connectivity index (χ4v) is 4.95. The lowest BCUT2D eigenvalue weighted by Crippen LogP contribution is -2.45. The molecule has 0 spiro atoms. The predicted octanol–water partition coefficient (Wildman–Crippen LogP) is 2.73. The summed E-state index contributed by atoms with van der Waals surface area (Å²) in [7, 11) is -1.92. The molecule has 0 amide bonds. The molecule has 1 aromatic heterocycles. The summed E-state index contributed by atoms with van der Waals surface area (Å²) in [5.41, 5.74) is 2.40. The molecule has 30 heavy (non-hydrogen) atoms. The average Bonchev–Trinajstić information content (AvgIpc) is 2.74. The van der Waals surface area contributed by atoms with Crippen molar-refractivity contribution >= 4 is 26.7 Å². The highest BCUT2D eigenvalue weighted by Gasteiger charge is 2.35. The smallest absolute Gasteiger partial charge is 0.200 e. The third-order valence-electron chi connectivity index (χ3n) is 5.41. The Labute approximate surface area is 176 Å². The van der Waals surface area contributed by atoms with E-state index in [0.717, 1.165) is 18.7 Å². The normalized spacial score (nSPS) is 16.4. The number of fused-ring (bicyclic) bond motifs is 1. The maximum atomic E-state index is 13.4. The van der Waals surface area contributed by atoms with E-state index in [1.807, 2.05) is 43.1 Å². The number of aromatic nitrogens is 2. The van der Waals surface area contributed by atoms with Crippen LogP contribution in [0.3, 0.4) is 0 Å². The molecule has 3 aromatic rings. The summed E-state index contributed by atoms with van der Waals surface area (Å²) in [4.78, 5) is 13.7. The van der Waals surface area contributed by atoms with Crippen molar-refractivity contribution in [2.45, 2.75) is 17.1 Å². The zero-order chi connectivity index (χ0) is 21.3. The van der Waals surface area contributed by atoms with Crippen molar-refractivity contribution in [3.05, 3.63) is 59.8 Å². The molecule has 154 valence electrons. The standard InChI is InChI=1S/C22H23N5O2S/c1-16-7-9-17(10-8-16)30(28,29)20(15-23)21-22(27-13-11-26(2)12-14-27)25-19-6-4-3-5-18(19)24-21/h3-10,20H,11-14H2,1-2H3/t20-/m1/s1. The largest absolute Gasteiger partial charge is 0.352 e. The first-order chi connectivity index (χ1) is 14.4. The van der Waals surface area contributed by atoms with E-state index in [0.29, 0.717) is 29.9 Å². The number of hydrogen-bond acceptors (Lipinski definition) is 7. The molecule has 1 saturated heterocycles. The van der Waals surface area contributed by atoms with E-state index >= 15 is 0 Å². The van der Waals surface area contributed by atoms with Gasteiger partial charge in [0.1, 0.15) is 5.69 Å². The van der Waals surface area contributed by atoms with Gasteiger partial charge in [0.15, 0.2) is 11.1 Å². The first kappa shape index (κ1) is 20.3. The maximum Gasteiger partial charge on any atom is 0.200 e. The van der Waals surface area contributed by atoms with Gasteiger partial charge in [0.2, 0.25) is 9.84 Å². The lowest BCUT2D eigenvalue weighted by Gasteiger charge is -2.34. The maximum absolute atomic E-state index is 13.4. The van der Waals surface area contributed by atoms with Crippen molar-refractivity contribution in [2.75, 3.05) is 38.1 Å². The molecule has 2 heterocycles. The summed E-state index contributed by atoms with van der Waals surface area (Å²) in [5.74, 6) is 0.476. The second kappa shape index (κ2) is 8.01. The van der Waals surface area contributed by atoms with Gasteiger partial charge in [0, 0.05) is 26.2 Å². The number of hydrogen-bond donors (Lipinski definition) is 0. The number of sulfone groups is 1. The van der Waals surface area contributed by atoms with Gasteiger partial charge in [-0.05, 0) is 38.2 Å². The van der Waals surface area contributed by atoms with Crippen LogP contribution >= 0.6 is 0 Å². The fourth-order valence-electron chi connectivity index (χ4n) is 3.57. The third-order valence-corrected chi connectivity index (χ3v) is 7.28. The highest BCUT2D eigenvalue weighted by atomic mass is 32.2. The minimum atomic E-state index is -3.96. The van der Waals surface area contributed by atoms with Gasteiger partial charge in [-0.2, -0.15) is 5.26 Å². The van der Waals surface area contributed by atoms with Crippen LogP contribution in [0.5, 0.6) is 0 Å². The van der Waals surface area contributed by atoms with Gasteiger partial charge in [-0.1, -0.05) is 29.8 Å². The molecule has 1 fully saturated rings. The van der Waals surface area contributed by atoms with E-state index in [1.165, 1.54) is 0 Å². The Morgan fingerprint density at radius 3 is 2.17 bits per heavy atom. The van der Waals surface area contributed by atoms with Gasteiger partial charge in [-0.25, -0.2) is 18.4 Å². The molecule has 8 heteroatoms. The lowest BCUT2D eigenvalue weighted by atomic mass is 10.2. The van der Waals surface area contributed by atoms with E-state index in [4.69, 9.17) is 4.98 Å². The van der Waals surface area contributed by atoms with E-state index in [-0.39, 0.29) is 10.6 Å². The van der Waals surface area contributed by atoms with Crippen LogP contribution in [0.4, 0.5) is 5.82 Å². The van der Waals surface area contributed by atoms with Crippen molar-refractivity contribution in [1.82, 2.24) is 14.9 Å². The Morgan fingerprint density at radius 2 is 1.57 bits per heavy atom. The Bertz CT molecular complexity index is 1210. The first-order valence-corrected chi connectivity index (χ1v) is 11.3. The number of piperazine rings is 1. The molecule has 0 aliphatic carbocycles. The number of likely N-dealkylation sites (N-methyl/N-ethyl adjacent to an activating group) is 1. The Kier molecular flexibility index (Phi) is 5.41. The summed E-state index contributed by atoms with van der Waals surface area (Å²) >= 11 is 0. The number of aryl methyl sites for hydroxylation is 1.